The molecule has 2 aromatic rings. The Morgan fingerprint density at radius 3 is 2.62 bits per heavy atom. The predicted molar refractivity (Wildman–Crippen MR) is 61.0 cm³/mol. The van der Waals surface area contributed by atoms with Crippen LogP contribution in [0.1, 0.15) is 5.56 Å². The molecular weight excluding hydrogens is 226 g/mol. The first-order valence-electron chi connectivity index (χ1n) is 4.15. The highest BCUT2D eigenvalue weighted by atomic mass is 79.9. The van der Waals surface area contributed by atoms with Crippen LogP contribution in [0.3, 0.4) is 0 Å². The second kappa shape index (κ2) is 3.38. The number of alkyl halides is 1. The third-order valence-corrected chi connectivity index (χ3v) is 2.81. The van der Waals surface area contributed by atoms with Gasteiger partial charge in [0, 0.05) is 16.4 Å². The molecule has 0 unspecified atom stereocenters. The molecule has 0 aliphatic rings. The average molecular weight is 236 g/mol. The Morgan fingerprint density at radius 1 is 1.08 bits per heavy atom. The Morgan fingerprint density at radius 2 is 1.85 bits per heavy atom. The molecule has 0 aliphatic heterocycles. The third-order valence-electron chi connectivity index (χ3n) is 2.20. The van der Waals surface area contributed by atoms with Crippen LogP contribution in [0, 0.1) is 0 Å². The van der Waals surface area contributed by atoms with E-state index < -0.39 is 0 Å². The molecule has 0 aromatic heterocycles. The highest BCUT2D eigenvalue weighted by molar-refractivity contribution is 9.08. The molecule has 0 spiro atoms. The minimum absolute atomic E-state index is 0.809. The van der Waals surface area contributed by atoms with Gasteiger partial charge in [0.1, 0.15) is 0 Å². The predicted octanol–water partition coefficient (Wildman–Crippen LogP) is 3.32. The van der Waals surface area contributed by atoms with Crippen LogP contribution >= 0.6 is 15.9 Å². The fraction of sp³-hybridized carbons (Fsp3) is 0.0909. The van der Waals surface area contributed by atoms with E-state index in [1.54, 1.807) is 0 Å². The number of anilines is 1. The van der Waals surface area contributed by atoms with Gasteiger partial charge in [-0.05, 0) is 10.9 Å². The van der Waals surface area contributed by atoms with Crippen LogP contribution < -0.4 is 5.73 Å². The van der Waals surface area contributed by atoms with E-state index in [4.69, 9.17) is 5.73 Å². The van der Waals surface area contributed by atoms with Crippen LogP contribution in [-0.2, 0) is 5.33 Å². The number of nitrogen functional groups attached to an aromatic ring is 1. The largest absolute Gasteiger partial charge is 0.398 e. The Kier molecular flexibility index (Phi) is 2.23. The van der Waals surface area contributed by atoms with Gasteiger partial charge in [-0.15, -0.1) is 0 Å². The number of hydrogen-bond donors (Lipinski definition) is 1. The SMILES string of the molecule is Nc1c(CBr)ccc2ccccc12. The summed E-state index contributed by atoms with van der Waals surface area (Å²) in [6, 6.07) is 12.3. The van der Waals surface area contributed by atoms with E-state index in [-0.39, 0.29) is 0 Å². The molecule has 2 rings (SSSR count). The van der Waals surface area contributed by atoms with Crippen LogP contribution in [0.2, 0.25) is 0 Å². The van der Waals surface area contributed by atoms with E-state index >= 15 is 0 Å². The number of halogens is 1. The smallest absolute Gasteiger partial charge is 0.0434 e. The Balaban J connectivity index is 2.79. The van der Waals surface area contributed by atoms with E-state index in [2.05, 4.69) is 40.2 Å². The van der Waals surface area contributed by atoms with E-state index in [9.17, 15) is 0 Å². The zero-order chi connectivity index (χ0) is 9.26. The van der Waals surface area contributed by atoms with Gasteiger partial charge in [0.25, 0.3) is 0 Å². The lowest BCUT2D eigenvalue weighted by atomic mass is 10.1. The Bertz CT molecular complexity index is 437. The molecule has 0 bridgehead atoms. The molecule has 66 valence electrons. The summed E-state index contributed by atoms with van der Waals surface area (Å²) in [6.45, 7) is 0. The molecule has 13 heavy (non-hydrogen) atoms. The van der Waals surface area contributed by atoms with Crippen LogP contribution in [-0.4, -0.2) is 0 Å². The van der Waals surface area contributed by atoms with Crippen LogP contribution in [0.5, 0.6) is 0 Å². The van der Waals surface area contributed by atoms with Crippen molar-refractivity contribution in [3.63, 3.8) is 0 Å². The molecule has 2 N–H and O–H groups in total. The molecule has 0 aliphatic carbocycles. The molecule has 0 saturated carbocycles. The topological polar surface area (TPSA) is 26.0 Å². The quantitative estimate of drug-likeness (QED) is 0.596. The van der Waals surface area contributed by atoms with Crippen molar-refractivity contribution in [2.24, 2.45) is 0 Å². The summed E-state index contributed by atoms with van der Waals surface area (Å²) in [5.74, 6) is 0. The maximum Gasteiger partial charge on any atom is 0.0434 e. The van der Waals surface area contributed by atoms with Crippen molar-refractivity contribution in [1.82, 2.24) is 0 Å². The molecule has 2 heteroatoms. The van der Waals surface area contributed by atoms with E-state index in [1.165, 1.54) is 5.39 Å². The van der Waals surface area contributed by atoms with Gasteiger partial charge in [-0.1, -0.05) is 52.3 Å². The number of hydrogen-bond acceptors (Lipinski definition) is 1. The zero-order valence-electron chi connectivity index (χ0n) is 7.13. The summed E-state index contributed by atoms with van der Waals surface area (Å²) in [6.07, 6.45) is 0. The van der Waals surface area contributed by atoms with Gasteiger partial charge < -0.3 is 5.73 Å². The first kappa shape index (κ1) is 8.57. The average Bonchev–Trinajstić information content (AvgIpc) is 2.19. The molecule has 2 aromatic carbocycles. The van der Waals surface area contributed by atoms with Crippen molar-refractivity contribution in [2.75, 3.05) is 5.73 Å². The van der Waals surface area contributed by atoms with Crippen molar-refractivity contribution in [3.05, 3.63) is 42.0 Å². The van der Waals surface area contributed by atoms with E-state index in [0.29, 0.717) is 0 Å². The van der Waals surface area contributed by atoms with Crippen molar-refractivity contribution in [2.45, 2.75) is 5.33 Å². The molecule has 0 atom stereocenters. The summed E-state index contributed by atoms with van der Waals surface area (Å²) in [4.78, 5) is 0. The normalized spacial score (nSPS) is 10.5. The lowest BCUT2D eigenvalue weighted by molar-refractivity contribution is 1.46. The minimum atomic E-state index is 0.809. The van der Waals surface area contributed by atoms with Crippen molar-refractivity contribution >= 4 is 32.4 Å². The first-order valence-corrected chi connectivity index (χ1v) is 5.27. The molecule has 0 heterocycles. The monoisotopic (exact) mass is 235 g/mol. The molecular formula is C11H10BrN. The molecule has 0 amide bonds. The van der Waals surface area contributed by atoms with Gasteiger partial charge in [0.15, 0.2) is 0 Å². The second-order valence-corrected chi connectivity index (χ2v) is 3.55. The zero-order valence-corrected chi connectivity index (χ0v) is 8.71. The summed E-state index contributed by atoms with van der Waals surface area (Å²) in [5, 5.41) is 3.15. The second-order valence-electron chi connectivity index (χ2n) is 2.99. The number of nitrogens with two attached hydrogens (primary N) is 1. The number of benzene rings is 2. The van der Waals surface area contributed by atoms with E-state index in [0.717, 1.165) is 22.0 Å². The van der Waals surface area contributed by atoms with Crippen molar-refractivity contribution in [1.29, 1.82) is 0 Å². The molecule has 1 nitrogen and oxygen atoms in total. The standard InChI is InChI=1S/C11H10BrN/c12-7-9-6-5-8-3-1-2-4-10(8)11(9)13/h1-6H,7,13H2. The highest BCUT2D eigenvalue weighted by Crippen LogP contribution is 2.25. The lowest BCUT2D eigenvalue weighted by Crippen LogP contribution is -1.92. The minimum Gasteiger partial charge on any atom is -0.398 e. The highest BCUT2D eigenvalue weighted by Gasteiger charge is 2.01. The summed E-state index contributed by atoms with van der Waals surface area (Å²) in [7, 11) is 0. The van der Waals surface area contributed by atoms with Crippen molar-refractivity contribution in [3.8, 4) is 0 Å². The maximum atomic E-state index is 6.00. The summed E-state index contributed by atoms with van der Waals surface area (Å²) in [5.41, 5.74) is 8.04. The van der Waals surface area contributed by atoms with Gasteiger partial charge in [0.2, 0.25) is 0 Å². The van der Waals surface area contributed by atoms with Gasteiger partial charge in [-0.2, -0.15) is 0 Å². The number of fused-ring (bicyclic) bond motifs is 1. The summed E-state index contributed by atoms with van der Waals surface area (Å²) < 4.78 is 0. The molecule has 0 saturated heterocycles. The Labute approximate surface area is 85.7 Å². The first-order chi connectivity index (χ1) is 6.33. The van der Waals surface area contributed by atoms with Crippen LogP contribution in [0.15, 0.2) is 36.4 Å². The van der Waals surface area contributed by atoms with Gasteiger partial charge in [-0.25, -0.2) is 0 Å². The van der Waals surface area contributed by atoms with Gasteiger partial charge >= 0.3 is 0 Å². The fourth-order valence-electron chi connectivity index (χ4n) is 1.46. The number of rotatable bonds is 1. The maximum absolute atomic E-state index is 6.00. The van der Waals surface area contributed by atoms with Crippen LogP contribution in [0.4, 0.5) is 5.69 Å². The lowest BCUT2D eigenvalue weighted by Gasteiger charge is -2.05. The Hall–Kier alpha value is -1.02. The van der Waals surface area contributed by atoms with Crippen molar-refractivity contribution < 1.29 is 0 Å². The van der Waals surface area contributed by atoms with E-state index in [1.807, 2.05) is 12.1 Å². The van der Waals surface area contributed by atoms with Gasteiger partial charge in [-0.3, -0.25) is 0 Å². The van der Waals surface area contributed by atoms with Crippen LogP contribution in [0.25, 0.3) is 10.8 Å². The summed E-state index contributed by atoms with van der Waals surface area (Å²) >= 11 is 3.41. The van der Waals surface area contributed by atoms with Gasteiger partial charge in [0.05, 0.1) is 0 Å². The third kappa shape index (κ3) is 1.42. The molecule has 0 radical (unpaired) electrons. The fourth-order valence-corrected chi connectivity index (χ4v) is 1.95. The molecule has 0 fully saturated rings.